The van der Waals surface area contributed by atoms with Gasteiger partial charge in [-0.2, -0.15) is 12.6 Å². The van der Waals surface area contributed by atoms with Gasteiger partial charge in [0.15, 0.2) is 0 Å². The third-order valence-corrected chi connectivity index (χ3v) is 1.72. The lowest BCUT2D eigenvalue weighted by Crippen LogP contribution is -2.10. The Morgan fingerprint density at radius 1 is 1.70 bits per heavy atom. The highest BCUT2D eigenvalue weighted by molar-refractivity contribution is 7.80. The van der Waals surface area contributed by atoms with Gasteiger partial charge in [0.05, 0.1) is 0 Å². The smallest absolute Gasteiger partial charge is 0.0455 e. The van der Waals surface area contributed by atoms with E-state index in [0.29, 0.717) is 0 Å². The predicted molar refractivity (Wildman–Crippen MR) is 46.2 cm³/mol. The number of thiol groups is 1. The number of nitrogens with one attached hydrogen (secondary N) is 1. The summed E-state index contributed by atoms with van der Waals surface area (Å²) in [6.07, 6.45) is 2.80. The summed E-state index contributed by atoms with van der Waals surface area (Å²) in [7, 11) is 0. The van der Waals surface area contributed by atoms with E-state index in [9.17, 15) is 0 Å². The SMILES string of the molecule is NC(CCS)c1ccc[nH]1. The summed E-state index contributed by atoms with van der Waals surface area (Å²) in [5.74, 6) is 0.834. The minimum atomic E-state index is 0.118. The monoisotopic (exact) mass is 156 g/mol. The number of rotatable bonds is 3. The molecule has 1 aromatic rings. The van der Waals surface area contributed by atoms with Gasteiger partial charge in [0, 0.05) is 17.9 Å². The van der Waals surface area contributed by atoms with Crippen molar-refractivity contribution >= 4 is 12.6 Å². The van der Waals surface area contributed by atoms with E-state index in [2.05, 4.69) is 17.6 Å². The molecule has 1 rings (SSSR count). The number of hydrogen-bond donors (Lipinski definition) is 3. The van der Waals surface area contributed by atoms with Crippen molar-refractivity contribution in [2.45, 2.75) is 12.5 Å². The Bertz CT molecular complexity index is 172. The second-order valence-electron chi connectivity index (χ2n) is 2.24. The van der Waals surface area contributed by atoms with Crippen molar-refractivity contribution in [2.75, 3.05) is 5.75 Å². The number of aromatic nitrogens is 1. The molecule has 0 saturated carbocycles. The van der Waals surface area contributed by atoms with E-state index in [1.165, 1.54) is 0 Å². The van der Waals surface area contributed by atoms with Crippen molar-refractivity contribution in [3.8, 4) is 0 Å². The van der Waals surface area contributed by atoms with Crippen LogP contribution in [0.2, 0.25) is 0 Å². The van der Waals surface area contributed by atoms with Crippen molar-refractivity contribution in [1.29, 1.82) is 0 Å². The normalized spacial score (nSPS) is 13.4. The highest BCUT2D eigenvalue weighted by Gasteiger charge is 2.03. The average molecular weight is 156 g/mol. The largest absolute Gasteiger partial charge is 0.364 e. The van der Waals surface area contributed by atoms with Gasteiger partial charge in [-0.3, -0.25) is 0 Å². The molecule has 0 aliphatic carbocycles. The lowest BCUT2D eigenvalue weighted by molar-refractivity contribution is 0.687. The van der Waals surface area contributed by atoms with Gasteiger partial charge in [0.2, 0.25) is 0 Å². The number of hydrogen-bond acceptors (Lipinski definition) is 2. The zero-order valence-electron chi connectivity index (χ0n) is 5.75. The molecule has 1 aromatic heterocycles. The van der Waals surface area contributed by atoms with Gasteiger partial charge in [0.25, 0.3) is 0 Å². The second-order valence-corrected chi connectivity index (χ2v) is 2.69. The van der Waals surface area contributed by atoms with E-state index in [1.807, 2.05) is 18.3 Å². The molecule has 3 heteroatoms. The van der Waals surface area contributed by atoms with Crippen LogP contribution in [0.5, 0.6) is 0 Å². The molecule has 0 amide bonds. The summed E-state index contributed by atoms with van der Waals surface area (Å²) >= 11 is 4.10. The molecule has 56 valence electrons. The summed E-state index contributed by atoms with van der Waals surface area (Å²) in [4.78, 5) is 3.06. The zero-order valence-corrected chi connectivity index (χ0v) is 6.64. The molecule has 0 radical (unpaired) electrons. The third-order valence-electron chi connectivity index (χ3n) is 1.46. The van der Waals surface area contributed by atoms with Crippen molar-refractivity contribution in [3.63, 3.8) is 0 Å². The Morgan fingerprint density at radius 2 is 2.50 bits per heavy atom. The van der Waals surface area contributed by atoms with Crippen LogP contribution in [0.1, 0.15) is 18.2 Å². The van der Waals surface area contributed by atoms with E-state index >= 15 is 0 Å². The van der Waals surface area contributed by atoms with Crippen molar-refractivity contribution in [2.24, 2.45) is 5.73 Å². The topological polar surface area (TPSA) is 41.8 Å². The Kier molecular flexibility index (Phi) is 2.83. The molecule has 0 fully saturated rings. The fourth-order valence-electron chi connectivity index (χ4n) is 0.869. The predicted octanol–water partition coefficient (Wildman–Crippen LogP) is 1.33. The van der Waals surface area contributed by atoms with Gasteiger partial charge in [0.1, 0.15) is 0 Å². The summed E-state index contributed by atoms with van der Waals surface area (Å²) < 4.78 is 0. The van der Waals surface area contributed by atoms with E-state index in [1.54, 1.807) is 0 Å². The molecular formula is C7H12N2S. The van der Waals surface area contributed by atoms with Crippen molar-refractivity contribution < 1.29 is 0 Å². The minimum absolute atomic E-state index is 0.118. The second kappa shape index (κ2) is 3.68. The molecule has 0 aliphatic rings. The molecule has 0 saturated heterocycles. The fraction of sp³-hybridized carbons (Fsp3) is 0.429. The first-order chi connectivity index (χ1) is 4.84. The molecule has 1 unspecified atom stereocenters. The van der Waals surface area contributed by atoms with E-state index in [4.69, 9.17) is 5.73 Å². The van der Waals surface area contributed by atoms with E-state index in [-0.39, 0.29) is 6.04 Å². The number of nitrogens with two attached hydrogens (primary N) is 1. The van der Waals surface area contributed by atoms with Crippen LogP contribution in [0.25, 0.3) is 0 Å². The summed E-state index contributed by atoms with van der Waals surface area (Å²) in [6, 6.07) is 4.06. The van der Waals surface area contributed by atoms with Crippen LogP contribution in [0.3, 0.4) is 0 Å². The molecule has 0 aliphatic heterocycles. The summed E-state index contributed by atoms with van der Waals surface area (Å²) in [5, 5.41) is 0. The van der Waals surface area contributed by atoms with Crippen LogP contribution in [0.15, 0.2) is 18.3 Å². The molecule has 2 nitrogen and oxygen atoms in total. The molecule has 0 spiro atoms. The first-order valence-electron chi connectivity index (χ1n) is 3.34. The van der Waals surface area contributed by atoms with Gasteiger partial charge in [-0.05, 0) is 24.3 Å². The highest BCUT2D eigenvalue weighted by atomic mass is 32.1. The molecule has 10 heavy (non-hydrogen) atoms. The van der Waals surface area contributed by atoms with Crippen molar-refractivity contribution in [3.05, 3.63) is 24.0 Å². The molecule has 3 N–H and O–H groups in total. The molecule has 1 atom stereocenters. The van der Waals surface area contributed by atoms with Gasteiger partial charge in [-0.15, -0.1) is 0 Å². The van der Waals surface area contributed by atoms with Crippen LogP contribution < -0.4 is 5.73 Å². The van der Waals surface area contributed by atoms with Gasteiger partial charge in [-0.25, -0.2) is 0 Å². The molecular weight excluding hydrogens is 144 g/mol. The van der Waals surface area contributed by atoms with Gasteiger partial charge >= 0.3 is 0 Å². The standard InChI is InChI=1S/C7H12N2S/c8-6(3-5-10)7-2-1-4-9-7/h1-2,4,6,9-10H,3,5,8H2. The van der Waals surface area contributed by atoms with Gasteiger partial charge in [-0.1, -0.05) is 0 Å². The van der Waals surface area contributed by atoms with Crippen LogP contribution in [0, 0.1) is 0 Å². The minimum Gasteiger partial charge on any atom is -0.364 e. The third kappa shape index (κ3) is 1.78. The number of aromatic amines is 1. The maximum absolute atomic E-state index is 5.77. The fourth-order valence-corrected chi connectivity index (χ4v) is 1.15. The Balaban J connectivity index is 2.50. The first-order valence-corrected chi connectivity index (χ1v) is 3.97. The molecule has 1 heterocycles. The number of H-pyrrole nitrogens is 1. The lowest BCUT2D eigenvalue weighted by Gasteiger charge is -2.06. The van der Waals surface area contributed by atoms with Gasteiger partial charge < -0.3 is 10.7 Å². The lowest BCUT2D eigenvalue weighted by atomic mass is 10.2. The first kappa shape index (κ1) is 7.69. The Labute approximate surface area is 66.2 Å². The molecule has 0 bridgehead atoms. The zero-order chi connectivity index (χ0) is 7.40. The van der Waals surface area contributed by atoms with Crippen LogP contribution >= 0.6 is 12.6 Å². The van der Waals surface area contributed by atoms with Crippen LogP contribution in [-0.2, 0) is 0 Å². The van der Waals surface area contributed by atoms with E-state index < -0.39 is 0 Å². The average Bonchev–Trinajstić information content (AvgIpc) is 2.38. The maximum Gasteiger partial charge on any atom is 0.0455 e. The molecule has 0 aromatic carbocycles. The van der Waals surface area contributed by atoms with Crippen molar-refractivity contribution in [1.82, 2.24) is 4.98 Å². The quantitative estimate of drug-likeness (QED) is 0.568. The Hall–Kier alpha value is -0.410. The summed E-state index contributed by atoms with van der Waals surface area (Å²) in [5.41, 5.74) is 6.86. The Morgan fingerprint density at radius 3 is 3.00 bits per heavy atom. The highest BCUT2D eigenvalue weighted by Crippen LogP contribution is 2.10. The van der Waals surface area contributed by atoms with Crippen LogP contribution in [0.4, 0.5) is 0 Å². The van der Waals surface area contributed by atoms with Crippen LogP contribution in [-0.4, -0.2) is 10.7 Å². The summed E-state index contributed by atoms with van der Waals surface area (Å²) in [6.45, 7) is 0. The maximum atomic E-state index is 5.77. The van der Waals surface area contributed by atoms with E-state index in [0.717, 1.165) is 17.9 Å².